The summed E-state index contributed by atoms with van der Waals surface area (Å²) in [6, 6.07) is 11.0. The number of likely N-dealkylation sites (tertiary alicyclic amines) is 1. The summed E-state index contributed by atoms with van der Waals surface area (Å²) in [6.07, 6.45) is 8.06. The Morgan fingerprint density at radius 1 is 1.08 bits per heavy atom. The van der Waals surface area contributed by atoms with Crippen LogP contribution < -0.4 is 0 Å². The van der Waals surface area contributed by atoms with Gasteiger partial charge < -0.3 is 14.4 Å². The Labute approximate surface area is 159 Å². The molecule has 2 saturated heterocycles. The maximum absolute atomic E-state index is 6.23. The Kier molecular flexibility index (Phi) is 5.68. The number of nitrogens with zero attached hydrogens (tertiary/aromatic N) is 1. The van der Waals surface area contributed by atoms with E-state index in [1.165, 1.54) is 57.2 Å². The number of piperidine rings is 1. The van der Waals surface area contributed by atoms with Gasteiger partial charge in [0.05, 0.1) is 11.7 Å². The molecule has 0 aromatic heterocycles. The molecule has 144 valence electrons. The highest BCUT2D eigenvalue weighted by Gasteiger charge is 2.47. The maximum Gasteiger partial charge on any atom is 0.147 e. The molecule has 0 amide bonds. The topological polar surface area (TPSA) is 21.7 Å². The standard InChI is InChI=1S/C23H35NO2/c1-18-8-9-21-22(14-18)25-17-26-23(21,2)16-24-12-10-20(11-13-24)15-19-6-4-3-5-7-19/h3-7,18,20-22H,8-17H2,1-2H3/t18-,21-,22-,23+/m1/s1. The van der Waals surface area contributed by atoms with E-state index in [4.69, 9.17) is 9.47 Å². The molecule has 0 bridgehead atoms. The summed E-state index contributed by atoms with van der Waals surface area (Å²) in [5.74, 6) is 2.20. The van der Waals surface area contributed by atoms with Gasteiger partial charge in [0.2, 0.25) is 0 Å². The summed E-state index contributed by atoms with van der Waals surface area (Å²) in [6.45, 7) is 8.69. The van der Waals surface area contributed by atoms with Gasteiger partial charge in [-0.05, 0) is 69.5 Å². The first-order chi connectivity index (χ1) is 12.6. The number of ether oxygens (including phenoxy) is 2. The van der Waals surface area contributed by atoms with Crippen LogP contribution in [0, 0.1) is 17.8 Å². The van der Waals surface area contributed by atoms with Crippen LogP contribution in [0.4, 0.5) is 0 Å². The van der Waals surface area contributed by atoms with Gasteiger partial charge in [-0.1, -0.05) is 43.7 Å². The van der Waals surface area contributed by atoms with E-state index in [1.807, 2.05) is 0 Å². The van der Waals surface area contributed by atoms with Gasteiger partial charge in [-0.25, -0.2) is 0 Å². The van der Waals surface area contributed by atoms with Gasteiger partial charge in [0.25, 0.3) is 0 Å². The Morgan fingerprint density at radius 3 is 2.62 bits per heavy atom. The Bertz CT molecular complexity index is 569. The molecule has 1 saturated carbocycles. The van der Waals surface area contributed by atoms with Crippen molar-refractivity contribution in [2.24, 2.45) is 17.8 Å². The van der Waals surface area contributed by atoms with Crippen molar-refractivity contribution in [2.75, 3.05) is 26.4 Å². The van der Waals surface area contributed by atoms with E-state index in [-0.39, 0.29) is 5.60 Å². The van der Waals surface area contributed by atoms with E-state index < -0.39 is 0 Å². The molecule has 4 rings (SSSR count). The van der Waals surface area contributed by atoms with Gasteiger partial charge in [-0.3, -0.25) is 0 Å². The monoisotopic (exact) mass is 357 g/mol. The van der Waals surface area contributed by atoms with Gasteiger partial charge in [-0.2, -0.15) is 0 Å². The van der Waals surface area contributed by atoms with Crippen LogP contribution in [0.25, 0.3) is 0 Å². The second-order valence-corrected chi connectivity index (χ2v) is 9.21. The fourth-order valence-corrected chi connectivity index (χ4v) is 5.48. The molecular weight excluding hydrogens is 322 g/mol. The second-order valence-electron chi connectivity index (χ2n) is 9.21. The summed E-state index contributed by atoms with van der Waals surface area (Å²) in [5.41, 5.74) is 1.46. The molecule has 2 heterocycles. The zero-order chi connectivity index (χ0) is 18.0. The van der Waals surface area contributed by atoms with E-state index >= 15 is 0 Å². The van der Waals surface area contributed by atoms with E-state index in [9.17, 15) is 0 Å². The van der Waals surface area contributed by atoms with Crippen molar-refractivity contribution in [3.05, 3.63) is 35.9 Å². The maximum atomic E-state index is 6.23. The number of hydrogen-bond donors (Lipinski definition) is 0. The molecule has 0 spiro atoms. The number of fused-ring (bicyclic) bond motifs is 1. The third-order valence-electron chi connectivity index (χ3n) is 7.12. The van der Waals surface area contributed by atoms with E-state index in [1.54, 1.807) is 0 Å². The molecule has 0 radical (unpaired) electrons. The number of benzene rings is 1. The molecule has 2 aliphatic heterocycles. The van der Waals surface area contributed by atoms with Crippen LogP contribution in [-0.2, 0) is 15.9 Å². The lowest BCUT2D eigenvalue weighted by molar-refractivity contribution is -0.267. The minimum absolute atomic E-state index is 0.0324. The summed E-state index contributed by atoms with van der Waals surface area (Å²) in [7, 11) is 0. The number of rotatable bonds is 4. The first-order valence-corrected chi connectivity index (χ1v) is 10.6. The lowest BCUT2D eigenvalue weighted by Crippen LogP contribution is -2.58. The quantitative estimate of drug-likeness (QED) is 0.791. The van der Waals surface area contributed by atoms with Crippen LogP contribution in [-0.4, -0.2) is 43.0 Å². The average Bonchev–Trinajstić information content (AvgIpc) is 2.64. The lowest BCUT2D eigenvalue weighted by Gasteiger charge is -2.51. The van der Waals surface area contributed by atoms with Crippen LogP contribution >= 0.6 is 0 Å². The number of hydrogen-bond acceptors (Lipinski definition) is 3. The van der Waals surface area contributed by atoms with E-state index in [0.717, 1.165) is 18.4 Å². The first-order valence-electron chi connectivity index (χ1n) is 10.6. The minimum Gasteiger partial charge on any atom is -0.352 e. The largest absolute Gasteiger partial charge is 0.352 e. The van der Waals surface area contributed by atoms with Gasteiger partial charge in [0, 0.05) is 12.5 Å². The van der Waals surface area contributed by atoms with Crippen molar-refractivity contribution in [1.82, 2.24) is 4.90 Å². The molecule has 1 aliphatic carbocycles. The van der Waals surface area contributed by atoms with Gasteiger partial charge >= 0.3 is 0 Å². The van der Waals surface area contributed by atoms with Gasteiger partial charge in [0.15, 0.2) is 0 Å². The molecule has 3 heteroatoms. The highest BCUT2D eigenvalue weighted by molar-refractivity contribution is 5.15. The van der Waals surface area contributed by atoms with Crippen LogP contribution in [0.2, 0.25) is 0 Å². The van der Waals surface area contributed by atoms with Crippen LogP contribution in [0.1, 0.15) is 51.5 Å². The highest BCUT2D eigenvalue weighted by Crippen LogP contribution is 2.42. The smallest absolute Gasteiger partial charge is 0.147 e. The van der Waals surface area contributed by atoms with Crippen molar-refractivity contribution in [1.29, 1.82) is 0 Å². The van der Waals surface area contributed by atoms with E-state index in [0.29, 0.717) is 18.8 Å². The normalized spacial score (nSPS) is 36.6. The predicted molar refractivity (Wildman–Crippen MR) is 105 cm³/mol. The summed E-state index contributed by atoms with van der Waals surface area (Å²) >= 11 is 0. The summed E-state index contributed by atoms with van der Waals surface area (Å²) in [5, 5.41) is 0. The average molecular weight is 358 g/mol. The predicted octanol–water partition coefficient (Wildman–Crippen LogP) is 4.51. The molecule has 3 nitrogen and oxygen atoms in total. The molecule has 0 N–H and O–H groups in total. The summed E-state index contributed by atoms with van der Waals surface area (Å²) in [4.78, 5) is 2.65. The second kappa shape index (κ2) is 8.00. The molecule has 4 atom stereocenters. The zero-order valence-corrected chi connectivity index (χ0v) is 16.5. The molecule has 1 aromatic carbocycles. The SMILES string of the molecule is C[C@@H]1CC[C@@H]2[C@@H](C1)OCO[C@@]2(C)CN1CCC(Cc2ccccc2)CC1. The van der Waals surface area contributed by atoms with Crippen LogP contribution in [0.5, 0.6) is 0 Å². The highest BCUT2D eigenvalue weighted by atomic mass is 16.7. The zero-order valence-electron chi connectivity index (χ0n) is 16.5. The Morgan fingerprint density at radius 2 is 1.85 bits per heavy atom. The molecule has 3 fully saturated rings. The lowest BCUT2D eigenvalue weighted by atomic mass is 9.71. The molecule has 26 heavy (non-hydrogen) atoms. The fraction of sp³-hybridized carbons (Fsp3) is 0.739. The van der Waals surface area contributed by atoms with Gasteiger partial charge in [0.1, 0.15) is 6.79 Å². The fourth-order valence-electron chi connectivity index (χ4n) is 5.48. The molecular formula is C23H35NO2. The van der Waals surface area contributed by atoms with Gasteiger partial charge in [-0.15, -0.1) is 0 Å². The molecule has 0 unspecified atom stereocenters. The third-order valence-corrected chi connectivity index (χ3v) is 7.12. The Balaban J connectivity index is 1.30. The first kappa shape index (κ1) is 18.5. The Hall–Kier alpha value is -0.900. The van der Waals surface area contributed by atoms with Crippen LogP contribution in [0.3, 0.4) is 0 Å². The molecule has 3 aliphatic rings. The minimum atomic E-state index is -0.0324. The van der Waals surface area contributed by atoms with Crippen molar-refractivity contribution in [2.45, 2.75) is 64.1 Å². The van der Waals surface area contributed by atoms with Crippen molar-refractivity contribution in [3.8, 4) is 0 Å². The van der Waals surface area contributed by atoms with Crippen molar-refractivity contribution < 1.29 is 9.47 Å². The van der Waals surface area contributed by atoms with Crippen LogP contribution in [0.15, 0.2) is 30.3 Å². The third kappa shape index (κ3) is 4.16. The van der Waals surface area contributed by atoms with Crippen molar-refractivity contribution >= 4 is 0 Å². The molecule has 1 aromatic rings. The van der Waals surface area contributed by atoms with E-state index in [2.05, 4.69) is 49.1 Å². The van der Waals surface area contributed by atoms with Crippen molar-refractivity contribution in [3.63, 3.8) is 0 Å². The summed E-state index contributed by atoms with van der Waals surface area (Å²) < 4.78 is 12.2.